The van der Waals surface area contributed by atoms with Crippen molar-refractivity contribution < 1.29 is 24.4 Å². The predicted octanol–water partition coefficient (Wildman–Crippen LogP) is 1.77. The van der Waals surface area contributed by atoms with Crippen LogP contribution in [0, 0.1) is 16.0 Å². The van der Waals surface area contributed by atoms with Crippen LogP contribution in [0.25, 0.3) is 0 Å². The highest BCUT2D eigenvalue weighted by atomic mass is 16.6. The van der Waals surface area contributed by atoms with E-state index < -0.39 is 34.7 Å². The number of carbonyl (C=O) groups excluding carboxylic acids is 2. The molecule has 0 aliphatic rings. The lowest BCUT2D eigenvalue weighted by molar-refractivity contribution is -0.384. The number of amides is 2. The molecule has 0 saturated heterocycles. The fourth-order valence-electron chi connectivity index (χ4n) is 2.63. The van der Waals surface area contributed by atoms with Gasteiger partial charge in [-0.2, -0.15) is 0 Å². The van der Waals surface area contributed by atoms with E-state index >= 15 is 0 Å². The van der Waals surface area contributed by atoms with Gasteiger partial charge in [0.05, 0.1) is 10.8 Å². The molecule has 2 aromatic rings. The molecule has 0 radical (unpaired) electrons. The van der Waals surface area contributed by atoms with Gasteiger partial charge in [0.1, 0.15) is 6.04 Å². The van der Waals surface area contributed by atoms with Crippen LogP contribution in [0.15, 0.2) is 54.6 Å². The largest absolute Gasteiger partial charge is 0.481 e. The normalized spacial score (nSPS) is 12.4. The molecule has 0 heterocycles. The van der Waals surface area contributed by atoms with Crippen molar-refractivity contribution >= 4 is 23.5 Å². The quantitative estimate of drug-likeness (QED) is 0.434. The fraction of sp³-hybridized carbons (Fsp3) is 0.250. The third kappa shape index (κ3) is 6.42. The van der Waals surface area contributed by atoms with Crippen molar-refractivity contribution in [3.8, 4) is 0 Å². The number of non-ortho nitro benzene ring substituents is 1. The second-order valence-corrected chi connectivity index (χ2v) is 6.47. The number of carbonyl (C=O) groups is 3. The number of nitro groups is 1. The van der Waals surface area contributed by atoms with Crippen LogP contribution in [0.5, 0.6) is 0 Å². The Morgan fingerprint density at radius 2 is 1.79 bits per heavy atom. The molecule has 2 unspecified atom stereocenters. The Bertz CT molecular complexity index is 900. The van der Waals surface area contributed by atoms with Gasteiger partial charge in [0, 0.05) is 24.2 Å². The molecular formula is C20H21N3O6. The Morgan fingerprint density at radius 1 is 1.10 bits per heavy atom. The van der Waals surface area contributed by atoms with E-state index in [4.69, 9.17) is 0 Å². The number of nitrogens with one attached hydrogen (secondary N) is 2. The maximum atomic E-state index is 12.2. The zero-order chi connectivity index (χ0) is 21.4. The Labute approximate surface area is 166 Å². The fourth-order valence-corrected chi connectivity index (χ4v) is 2.63. The monoisotopic (exact) mass is 399 g/mol. The molecule has 0 bridgehead atoms. The van der Waals surface area contributed by atoms with Crippen LogP contribution in [0.2, 0.25) is 0 Å². The highest BCUT2D eigenvalue weighted by Gasteiger charge is 2.22. The molecule has 152 valence electrons. The second-order valence-electron chi connectivity index (χ2n) is 6.47. The van der Waals surface area contributed by atoms with E-state index in [1.165, 1.54) is 25.1 Å². The summed E-state index contributed by atoms with van der Waals surface area (Å²) in [5.41, 5.74) is 0.646. The minimum Gasteiger partial charge on any atom is -0.481 e. The van der Waals surface area contributed by atoms with Crippen LogP contribution in [0.3, 0.4) is 0 Å². The first-order valence-electron chi connectivity index (χ1n) is 8.87. The zero-order valence-corrected chi connectivity index (χ0v) is 15.7. The standard InChI is InChI=1S/C20H21N3O6/c1-13(22-19(25)15-8-5-9-17(11-15)23(28)29)18(24)21-12-16(20(26)27)10-14-6-3-2-4-7-14/h2-9,11,13,16H,10,12H2,1H3,(H,21,24)(H,22,25)(H,26,27). The molecule has 0 aliphatic heterocycles. The Morgan fingerprint density at radius 3 is 2.41 bits per heavy atom. The Balaban J connectivity index is 1.92. The lowest BCUT2D eigenvalue weighted by atomic mass is 9.99. The summed E-state index contributed by atoms with van der Waals surface area (Å²) >= 11 is 0. The lowest BCUT2D eigenvalue weighted by Gasteiger charge is -2.17. The maximum absolute atomic E-state index is 12.2. The van der Waals surface area contributed by atoms with Crippen molar-refractivity contribution in [2.45, 2.75) is 19.4 Å². The number of hydrogen-bond donors (Lipinski definition) is 3. The van der Waals surface area contributed by atoms with Gasteiger partial charge >= 0.3 is 5.97 Å². The number of carboxylic acids is 1. The number of rotatable bonds is 9. The van der Waals surface area contributed by atoms with Gasteiger partial charge in [0.15, 0.2) is 0 Å². The predicted molar refractivity (Wildman–Crippen MR) is 104 cm³/mol. The topological polar surface area (TPSA) is 139 Å². The lowest BCUT2D eigenvalue weighted by Crippen LogP contribution is -2.46. The molecule has 29 heavy (non-hydrogen) atoms. The first-order valence-corrected chi connectivity index (χ1v) is 8.87. The van der Waals surface area contributed by atoms with Crippen molar-refractivity contribution in [2.75, 3.05) is 6.54 Å². The van der Waals surface area contributed by atoms with Crippen molar-refractivity contribution in [1.29, 1.82) is 0 Å². The van der Waals surface area contributed by atoms with Crippen LogP contribution in [0.4, 0.5) is 5.69 Å². The van der Waals surface area contributed by atoms with Crippen molar-refractivity contribution in [1.82, 2.24) is 10.6 Å². The molecule has 0 aromatic heterocycles. The van der Waals surface area contributed by atoms with Crippen molar-refractivity contribution in [3.05, 3.63) is 75.8 Å². The van der Waals surface area contributed by atoms with E-state index in [0.717, 1.165) is 11.6 Å². The molecule has 2 atom stereocenters. The minimum absolute atomic E-state index is 0.0475. The van der Waals surface area contributed by atoms with Gasteiger partial charge in [-0.25, -0.2) is 0 Å². The molecule has 0 saturated carbocycles. The summed E-state index contributed by atoms with van der Waals surface area (Å²) in [7, 11) is 0. The first-order chi connectivity index (χ1) is 13.8. The Hall–Kier alpha value is -3.75. The highest BCUT2D eigenvalue weighted by molar-refractivity contribution is 5.97. The molecule has 3 N–H and O–H groups in total. The minimum atomic E-state index is -1.04. The summed E-state index contributed by atoms with van der Waals surface area (Å²) in [5, 5.41) is 25.1. The number of benzene rings is 2. The van der Waals surface area contributed by atoms with Gasteiger partial charge in [-0.05, 0) is 25.0 Å². The molecule has 0 spiro atoms. The van der Waals surface area contributed by atoms with Gasteiger partial charge in [-0.3, -0.25) is 24.5 Å². The van der Waals surface area contributed by atoms with E-state index in [-0.39, 0.29) is 24.2 Å². The summed E-state index contributed by atoms with van der Waals surface area (Å²) in [4.78, 5) is 46.1. The van der Waals surface area contributed by atoms with Crippen molar-refractivity contribution in [3.63, 3.8) is 0 Å². The van der Waals surface area contributed by atoms with E-state index in [1.807, 2.05) is 6.07 Å². The summed E-state index contributed by atoms with van der Waals surface area (Å²) < 4.78 is 0. The van der Waals surface area contributed by atoms with E-state index in [2.05, 4.69) is 10.6 Å². The molecular weight excluding hydrogens is 378 g/mol. The van der Waals surface area contributed by atoms with Crippen LogP contribution in [-0.2, 0) is 16.0 Å². The second kappa shape index (κ2) is 9.98. The van der Waals surface area contributed by atoms with Gasteiger partial charge in [-0.1, -0.05) is 36.4 Å². The molecule has 9 heteroatoms. The summed E-state index contributed by atoms with van der Waals surface area (Å²) in [6.07, 6.45) is 0.255. The summed E-state index contributed by atoms with van der Waals surface area (Å²) in [6.45, 7) is 1.34. The smallest absolute Gasteiger partial charge is 0.308 e. The van der Waals surface area contributed by atoms with Crippen LogP contribution >= 0.6 is 0 Å². The maximum Gasteiger partial charge on any atom is 0.308 e. The number of nitrogens with zero attached hydrogens (tertiary/aromatic N) is 1. The molecule has 2 amide bonds. The average molecular weight is 399 g/mol. The van der Waals surface area contributed by atoms with Gasteiger partial charge in [-0.15, -0.1) is 0 Å². The molecule has 9 nitrogen and oxygen atoms in total. The molecule has 0 aliphatic carbocycles. The SMILES string of the molecule is CC(NC(=O)c1cccc([N+](=O)[O-])c1)C(=O)NCC(Cc1ccccc1)C(=O)O. The summed E-state index contributed by atoms with van der Waals surface area (Å²) in [5.74, 6) is -3.05. The number of aliphatic carboxylic acids is 1. The third-order valence-electron chi connectivity index (χ3n) is 4.26. The van der Waals surface area contributed by atoms with E-state index in [9.17, 15) is 29.6 Å². The number of hydrogen-bond acceptors (Lipinski definition) is 5. The van der Waals surface area contributed by atoms with Gasteiger partial charge in [0.2, 0.25) is 5.91 Å². The van der Waals surface area contributed by atoms with Crippen LogP contribution in [0.1, 0.15) is 22.8 Å². The number of carboxylic acid groups (broad SMARTS) is 1. The third-order valence-corrected chi connectivity index (χ3v) is 4.26. The van der Waals surface area contributed by atoms with Gasteiger partial charge < -0.3 is 15.7 Å². The average Bonchev–Trinajstić information content (AvgIpc) is 2.71. The van der Waals surface area contributed by atoms with Gasteiger partial charge in [0.25, 0.3) is 11.6 Å². The first kappa shape index (κ1) is 21.5. The van der Waals surface area contributed by atoms with E-state index in [1.54, 1.807) is 24.3 Å². The number of nitro benzene ring substituents is 1. The highest BCUT2D eigenvalue weighted by Crippen LogP contribution is 2.13. The molecule has 2 aromatic carbocycles. The molecule has 2 rings (SSSR count). The van der Waals surface area contributed by atoms with E-state index in [0.29, 0.717) is 0 Å². The molecule has 0 fully saturated rings. The zero-order valence-electron chi connectivity index (χ0n) is 15.7. The summed E-state index contributed by atoms with van der Waals surface area (Å²) in [6, 6.07) is 13.2. The Kier molecular flexibility index (Phi) is 7.41. The van der Waals surface area contributed by atoms with Crippen LogP contribution < -0.4 is 10.6 Å². The van der Waals surface area contributed by atoms with Crippen molar-refractivity contribution in [2.24, 2.45) is 5.92 Å². The van der Waals surface area contributed by atoms with Crippen LogP contribution in [-0.4, -0.2) is 40.4 Å².